The van der Waals surface area contributed by atoms with E-state index < -0.39 is 11.7 Å². The minimum atomic E-state index is -4.37. The van der Waals surface area contributed by atoms with Crippen LogP contribution in [0, 0.1) is 11.3 Å². The minimum Gasteiger partial charge on any atom is -0.381 e. The zero-order valence-corrected chi connectivity index (χ0v) is 10.4. The Kier molecular flexibility index (Phi) is 3.94. The molecule has 0 saturated carbocycles. The molecule has 0 spiro atoms. The first-order valence-corrected chi connectivity index (χ1v) is 5.90. The van der Waals surface area contributed by atoms with E-state index in [1.165, 1.54) is 12.1 Å². The van der Waals surface area contributed by atoms with E-state index in [0.29, 0.717) is 11.3 Å². The molecule has 2 rings (SSSR count). The summed E-state index contributed by atoms with van der Waals surface area (Å²) in [6.45, 7) is 0.0462. The van der Waals surface area contributed by atoms with Gasteiger partial charge in [-0.2, -0.15) is 18.4 Å². The van der Waals surface area contributed by atoms with Gasteiger partial charge in [-0.1, -0.05) is 24.3 Å². The highest BCUT2D eigenvalue weighted by molar-refractivity contribution is 5.49. The van der Waals surface area contributed by atoms with Crippen molar-refractivity contribution in [3.63, 3.8) is 0 Å². The number of nitrogens with zero attached hydrogens (tertiary/aromatic N) is 1. The maximum atomic E-state index is 12.8. The molecule has 2 nitrogen and oxygen atoms in total. The summed E-state index contributed by atoms with van der Waals surface area (Å²) in [6.07, 6.45) is -4.37. The Labute approximate surface area is 114 Å². The van der Waals surface area contributed by atoms with Crippen molar-refractivity contribution in [2.45, 2.75) is 12.7 Å². The zero-order chi connectivity index (χ0) is 14.6. The van der Waals surface area contributed by atoms with Crippen LogP contribution in [-0.2, 0) is 12.7 Å². The Morgan fingerprint density at radius 3 is 2.50 bits per heavy atom. The third-order valence-corrected chi connectivity index (χ3v) is 2.80. The number of anilines is 1. The van der Waals surface area contributed by atoms with Gasteiger partial charge in [-0.15, -0.1) is 0 Å². The van der Waals surface area contributed by atoms with Crippen LogP contribution in [-0.4, -0.2) is 0 Å². The molecule has 0 amide bonds. The quantitative estimate of drug-likeness (QED) is 0.912. The summed E-state index contributed by atoms with van der Waals surface area (Å²) in [7, 11) is 0. The average molecular weight is 276 g/mol. The fourth-order valence-corrected chi connectivity index (χ4v) is 1.85. The molecule has 0 radical (unpaired) electrons. The number of hydrogen-bond acceptors (Lipinski definition) is 2. The van der Waals surface area contributed by atoms with Crippen molar-refractivity contribution in [3.05, 3.63) is 65.2 Å². The predicted octanol–water partition coefficient (Wildman–Crippen LogP) is 4.19. The lowest BCUT2D eigenvalue weighted by atomic mass is 10.1. The molecular formula is C15H11F3N2. The van der Waals surface area contributed by atoms with Crippen molar-refractivity contribution in [2.75, 3.05) is 5.32 Å². The fraction of sp³-hybridized carbons (Fsp3) is 0.133. The van der Waals surface area contributed by atoms with E-state index in [1.807, 2.05) is 6.07 Å². The third kappa shape index (κ3) is 3.29. The largest absolute Gasteiger partial charge is 0.416 e. The van der Waals surface area contributed by atoms with Crippen molar-refractivity contribution in [1.82, 2.24) is 0 Å². The van der Waals surface area contributed by atoms with Gasteiger partial charge in [0.1, 0.15) is 0 Å². The minimum absolute atomic E-state index is 0.0462. The van der Waals surface area contributed by atoms with Gasteiger partial charge in [0.2, 0.25) is 0 Å². The molecular weight excluding hydrogens is 265 g/mol. The summed E-state index contributed by atoms with van der Waals surface area (Å²) < 4.78 is 38.5. The van der Waals surface area contributed by atoms with E-state index in [-0.39, 0.29) is 12.1 Å². The molecule has 2 aromatic rings. The molecule has 0 atom stereocenters. The van der Waals surface area contributed by atoms with E-state index in [9.17, 15) is 13.2 Å². The molecule has 102 valence electrons. The van der Waals surface area contributed by atoms with E-state index >= 15 is 0 Å². The Morgan fingerprint density at radius 1 is 1.05 bits per heavy atom. The molecule has 20 heavy (non-hydrogen) atoms. The van der Waals surface area contributed by atoms with Gasteiger partial charge in [0.15, 0.2) is 0 Å². The predicted molar refractivity (Wildman–Crippen MR) is 69.9 cm³/mol. The van der Waals surface area contributed by atoms with Crippen LogP contribution in [0.15, 0.2) is 48.5 Å². The second-order valence-corrected chi connectivity index (χ2v) is 4.20. The van der Waals surface area contributed by atoms with Crippen LogP contribution < -0.4 is 5.32 Å². The van der Waals surface area contributed by atoms with Gasteiger partial charge < -0.3 is 5.32 Å². The van der Waals surface area contributed by atoms with Gasteiger partial charge in [0.05, 0.1) is 17.2 Å². The summed E-state index contributed by atoms with van der Waals surface area (Å²) >= 11 is 0. The fourth-order valence-electron chi connectivity index (χ4n) is 1.85. The summed E-state index contributed by atoms with van der Waals surface area (Å²) in [5.41, 5.74) is 0.589. The lowest BCUT2D eigenvalue weighted by molar-refractivity contribution is -0.138. The Hall–Kier alpha value is -2.48. The van der Waals surface area contributed by atoms with Crippen LogP contribution in [0.1, 0.15) is 16.7 Å². The molecule has 1 N–H and O–H groups in total. The highest BCUT2D eigenvalue weighted by Crippen LogP contribution is 2.32. The molecule has 0 unspecified atom stereocenters. The number of nitrogens with one attached hydrogen (secondary N) is 1. The normalized spacial score (nSPS) is 10.9. The van der Waals surface area contributed by atoms with Crippen LogP contribution in [0.4, 0.5) is 18.9 Å². The SMILES string of the molecule is N#Cc1cccc(NCc2ccccc2C(F)(F)F)c1. The van der Waals surface area contributed by atoms with E-state index in [2.05, 4.69) is 5.32 Å². The second kappa shape index (κ2) is 5.66. The van der Waals surface area contributed by atoms with E-state index in [0.717, 1.165) is 6.07 Å². The average Bonchev–Trinajstić information content (AvgIpc) is 2.44. The van der Waals surface area contributed by atoms with Crippen LogP contribution >= 0.6 is 0 Å². The highest BCUT2D eigenvalue weighted by Gasteiger charge is 2.32. The summed E-state index contributed by atoms with van der Waals surface area (Å²) in [6, 6.07) is 14.0. The lowest BCUT2D eigenvalue weighted by Gasteiger charge is -2.13. The standard InChI is InChI=1S/C15H11F3N2/c16-15(17,18)14-7-2-1-5-12(14)10-20-13-6-3-4-11(8-13)9-19/h1-8,20H,10H2. The molecule has 5 heteroatoms. The van der Waals surface area contributed by atoms with Gasteiger partial charge in [-0.05, 0) is 29.8 Å². The van der Waals surface area contributed by atoms with Crippen LogP contribution in [0.2, 0.25) is 0 Å². The third-order valence-electron chi connectivity index (χ3n) is 2.80. The number of rotatable bonds is 3. The Morgan fingerprint density at radius 2 is 1.80 bits per heavy atom. The van der Waals surface area contributed by atoms with Gasteiger partial charge in [0.25, 0.3) is 0 Å². The Balaban J connectivity index is 2.17. The molecule has 0 heterocycles. The zero-order valence-electron chi connectivity index (χ0n) is 10.4. The smallest absolute Gasteiger partial charge is 0.381 e. The van der Waals surface area contributed by atoms with Gasteiger partial charge in [-0.25, -0.2) is 0 Å². The maximum absolute atomic E-state index is 12.8. The summed E-state index contributed by atoms with van der Waals surface area (Å²) in [5.74, 6) is 0. The number of hydrogen-bond donors (Lipinski definition) is 1. The summed E-state index contributed by atoms with van der Waals surface area (Å²) in [4.78, 5) is 0. The lowest BCUT2D eigenvalue weighted by Crippen LogP contribution is -2.11. The van der Waals surface area contributed by atoms with Crippen molar-refractivity contribution < 1.29 is 13.2 Å². The molecule has 0 aliphatic carbocycles. The topological polar surface area (TPSA) is 35.8 Å². The molecule has 0 aromatic heterocycles. The molecule has 0 aliphatic heterocycles. The Bertz CT molecular complexity index is 642. The first kappa shape index (κ1) is 13.9. The van der Waals surface area contributed by atoms with Gasteiger partial charge in [-0.3, -0.25) is 0 Å². The number of nitriles is 1. The molecule has 0 bridgehead atoms. The van der Waals surface area contributed by atoms with E-state index in [1.54, 1.807) is 30.3 Å². The number of benzene rings is 2. The van der Waals surface area contributed by atoms with E-state index in [4.69, 9.17) is 5.26 Å². The first-order valence-electron chi connectivity index (χ1n) is 5.90. The molecule has 0 saturated heterocycles. The second-order valence-electron chi connectivity index (χ2n) is 4.20. The summed E-state index contributed by atoms with van der Waals surface area (Å²) in [5, 5.41) is 11.7. The van der Waals surface area contributed by atoms with Crippen LogP contribution in [0.25, 0.3) is 0 Å². The monoisotopic (exact) mass is 276 g/mol. The molecule has 0 aliphatic rings. The molecule has 2 aromatic carbocycles. The highest BCUT2D eigenvalue weighted by atomic mass is 19.4. The van der Waals surface area contributed by atoms with Gasteiger partial charge >= 0.3 is 6.18 Å². The number of alkyl halides is 3. The molecule has 0 fully saturated rings. The van der Waals surface area contributed by atoms with Crippen LogP contribution in [0.5, 0.6) is 0 Å². The maximum Gasteiger partial charge on any atom is 0.416 e. The van der Waals surface area contributed by atoms with Crippen molar-refractivity contribution >= 4 is 5.69 Å². The van der Waals surface area contributed by atoms with Crippen LogP contribution in [0.3, 0.4) is 0 Å². The van der Waals surface area contributed by atoms with Crippen molar-refractivity contribution in [1.29, 1.82) is 5.26 Å². The van der Waals surface area contributed by atoms with Crippen molar-refractivity contribution in [2.24, 2.45) is 0 Å². The van der Waals surface area contributed by atoms with Gasteiger partial charge in [0, 0.05) is 12.2 Å². The number of halogens is 3. The first-order chi connectivity index (χ1) is 9.50. The van der Waals surface area contributed by atoms with Crippen molar-refractivity contribution in [3.8, 4) is 6.07 Å².